The average molecular weight is 301 g/mol. The molecule has 1 atom stereocenters. The van der Waals surface area contributed by atoms with E-state index in [1.807, 2.05) is 13.8 Å². The summed E-state index contributed by atoms with van der Waals surface area (Å²) in [6, 6.07) is 4.98. The number of furan rings is 1. The van der Waals surface area contributed by atoms with Gasteiger partial charge in [-0.3, -0.25) is 0 Å². The van der Waals surface area contributed by atoms with Gasteiger partial charge in [-0.25, -0.2) is 0 Å². The van der Waals surface area contributed by atoms with Crippen molar-refractivity contribution in [2.75, 3.05) is 6.61 Å². The van der Waals surface area contributed by atoms with E-state index in [1.54, 1.807) is 18.2 Å². The number of ether oxygens (including phenoxy) is 1. The fourth-order valence-electron chi connectivity index (χ4n) is 1.83. The van der Waals surface area contributed by atoms with Crippen molar-refractivity contribution in [1.82, 2.24) is 0 Å². The largest absolute Gasteiger partial charge is 0.492 e. The summed E-state index contributed by atoms with van der Waals surface area (Å²) in [5, 5.41) is 11.1. The molecule has 0 aliphatic carbocycles. The monoisotopic (exact) mass is 300 g/mol. The maximum atomic E-state index is 10.3. The van der Waals surface area contributed by atoms with Crippen molar-refractivity contribution < 1.29 is 14.3 Å². The molecular formula is C14H14Cl2O3. The minimum absolute atomic E-state index is 0.385. The third kappa shape index (κ3) is 2.89. The smallest absolute Gasteiger partial charge is 0.139 e. The Kier molecular flexibility index (Phi) is 4.40. The SMILES string of the molecule is CCOc1cc(Cl)c(C(O)c2occc2C)cc1Cl. The highest BCUT2D eigenvalue weighted by Crippen LogP contribution is 2.37. The Morgan fingerprint density at radius 2 is 2.05 bits per heavy atom. The van der Waals surface area contributed by atoms with Crippen LogP contribution >= 0.6 is 23.2 Å². The molecule has 0 bridgehead atoms. The van der Waals surface area contributed by atoms with Crippen LogP contribution in [-0.2, 0) is 0 Å². The quantitative estimate of drug-likeness (QED) is 0.911. The summed E-state index contributed by atoms with van der Waals surface area (Å²) in [5.74, 6) is 0.961. The third-order valence-electron chi connectivity index (χ3n) is 2.80. The van der Waals surface area contributed by atoms with Crippen LogP contribution in [0.15, 0.2) is 28.9 Å². The summed E-state index contributed by atoms with van der Waals surface area (Å²) >= 11 is 12.3. The van der Waals surface area contributed by atoms with Crippen LogP contribution in [0.5, 0.6) is 5.75 Å². The summed E-state index contributed by atoms with van der Waals surface area (Å²) in [6.45, 7) is 4.21. The maximum Gasteiger partial charge on any atom is 0.139 e. The van der Waals surface area contributed by atoms with E-state index in [1.165, 1.54) is 6.26 Å². The van der Waals surface area contributed by atoms with Crippen molar-refractivity contribution in [3.63, 3.8) is 0 Å². The lowest BCUT2D eigenvalue weighted by atomic mass is 10.0. The lowest BCUT2D eigenvalue weighted by molar-refractivity contribution is 0.188. The van der Waals surface area contributed by atoms with Crippen molar-refractivity contribution in [2.45, 2.75) is 20.0 Å². The van der Waals surface area contributed by atoms with E-state index in [-0.39, 0.29) is 0 Å². The number of hydrogen-bond acceptors (Lipinski definition) is 3. The van der Waals surface area contributed by atoms with Crippen molar-refractivity contribution >= 4 is 23.2 Å². The Labute approximate surface area is 121 Å². The van der Waals surface area contributed by atoms with Crippen LogP contribution < -0.4 is 4.74 Å². The van der Waals surface area contributed by atoms with E-state index in [0.717, 1.165) is 5.56 Å². The predicted molar refractivity (Wildman–Crippen MR) is 75.1 cm³/mol. The number of rotatable bonds is 4. The van der Waals surface area contributed by atoms with Gasteiger partial charge in [-0.05, 0) is 31.5 Å². The first-order valence-electron chi connectivity index (χ1n) is 5.88. The molecule has 1 aromatic carbocycles. The van der Waals surface area contributed by atoms with E-state index < -0.39 is 6.10 Å². The van der Waals surface area contributed by atoms with E-state index in [4.69, 9.17) is 32.4 Å². The first-order chi connectivity index (χ1) is 9.04. The number of hydrogen-bond donors (Lipinski definition) is 1. The van der Waals surface area contributed by atoms with Crippen molar-refractivity contribution in [1.29, 1.82) is 0 Å². The van der Waals surface area contributed by atoms with Gasteiger partial charge in [0.15, 0.2) is 0 Å². The van der Waals surface area contributed by atoms with E-state index in [0.29, 0.717) is 33.7 Å². The normalized spacial score (nSPS) is 12.5. The van der Waals surface area contributed by atoms with Gasteiger partial charge in [0.2, 0.25) is 0 Å². The zero-order valence-corrected chi connectivity index (χ0v) is 12.1. The highest BCUT2D eigenvalue weighted by atomic mass is 35.5. The molecule has 3 nitrogen and oxygen atoms in total. The minimum atomic E-state index is -0.948. The molecule has 1 heterocycles. The summed E-state index contributed by atoms with van der Waals surface area (Å²) in [6.07, 6.45) is 0.577. The predicted octanol–water partition coefficient (Wildman–Crippen LogP) is 4.38. The van der Waals surface area contributed by atoms with Gasteiger partial charge in [-0.15, -0.1) is 0 Å². The Morgan fingerprint density at radius 3 is 2.63 bits per heavy atom. The highest BCUT2D eigenvalue weighted by molar-refractivity contribution is 6.34. The molecule has 0 spiro atoms. The number of aliphatic hydroxyl groups is 1. The molecule has 0 amide bonds. The van der Waals surface area contributed by atoms with Crippen LogP contribution in [-0.4, -0.2) is 11.7 Å². The Hall–Kier alpha value is -1.16. The number of benzene rings is 1. The zero-order valence-electron chi connectivity index (χ0n) is 10.6. The fraction of sp³-hybridized carbons (Fsp3) is 0.286. The molecule has 19 heavy (non-hydrogen) atoms. The summed E-state index contributed by atoms with van der Waals surface area (Å²) in [5.41, 5.74) is 1.35. The van der Waals surface area contributed by atoms with Crippen LogP contribution in [0.3, 0.4) is 0 Å². The van der Waals surface area contributed by atoms with Crippen LogP contribution in [0.2, 0.25) is 10.0 Å². The first-order valence-corrected chi connectivity index (χ1v) is 6.64. The first kappa shape index (κ1) is 14.3. The number of halogens is 2. The Morgan fingerprint density at radius 1 is 1.32 bits per heavy atom. The molecule has 0 aliphatic heterocycles. The van der Waals surface area contributed by atoms with Crippen LogP contribution in [0.4, 0.5) is 0 Å². The Bertz CT molecular complexity index is 578. The minimum Gasteiger partial charge on any atom is -0.492 e. The van der Waals surface area contributed by atoms with E-state index in [2.05, 4.69) is 0 Å². The second-order valence-electron chi connectivity index (χ2n) is 4.11. The molecule has 102 valence electrons. The van der Waals surface area contributed by atoms with Crippen LogP contribution in [0.1, 0.15) is 29.9 Å². The lowest BCUT2D eigenvalue weighted by Crippen LogP contribution is -2.02. The molecule has 1 unspecified atom stereocenters. The molecule has 0 fully saturated rings. The lowest BCUT2D eigenvalue weighted by Gasteiger charge is -2.14. The molecule has 1 aromatic heterocycles. The maximum absolute atomic E-state index is 10.3. The van der Waals surface area contributed by atoms with E-state index >= 15 is 0 Å². The standard InChI is InChI=1S/C14H14Cl2O3/c1-3-18-12-7-10(15)9(6-11(12)16)13(17)14-8(2)4-5-19-14/h4-7,13,17H,3H2,1-2H3. The topological polar surface area (TPSA) is 42.6 Å². The van der Waals surface area contributed by atoms with E-state index in [9.17, 15) is 5.11 Å². The highest BCUT2D eigenvalue weighted by Gasteiger charge is 2.21. The third-order valence-corrected chi connectivity index (χ3v) is 3.42. The molecule has 0 saturated carbocycles. The van der Waals surface area contributed by atoms with Gasteiger partial charge in [-0.1, -0.05) is 23.2 Å². The molecule has 5 heteroatoms. The molecular weight excluding hydrogens is 287 g/mol. The van der Waals surface area contributed by atoms with Gasteiger partial charge in [0.25, 0.3) is 0 Å². The van der Waals surface area contributed by atoms with Crippen molar-refractivity contribution in [3.05, 3.63) is 51.4 Å². The second-order valence-corrected chi connectivity index (χ2v) is 4.92. The average Bonchev–Trinajstić information content (AvgIpc) is 2.79. The summed E-state index contributed by atoms with van der Waals surface area (Å²) < 4.78 is 10.6. The number of aryl methyl sites for hydroxylation is 1. The van der Waals surface area contributed by atoms with Gasteiger partial charge >= 0.3 is 0 Å². The van der Waals surface area contributed by atoms with Crippen molar-refractivity contribution in [2.24, 2.45) is 0 Å². The summed E-state index contributed by atoms with van der Waals surface area (Å²) in [7, 11) is 0. The number of aliphatic hydroxyl groups excluding tert-OH is 1. The summed E-state index contributed by atoms with van der Waals surface area (Å²) in [4.78, 5) is 0. The van der Waals surface area contributed by atoms with Crippen molar-refractivity contribution in [3.8, 4) is 5.75 Å². The fourth-order valence-corrected chi connectivity index (χ4v) is 2.31. The van der Waals surface area contributed by atoms with Gasteiger partial charge in [-0.2, -0.15) is 0 Å². The molecule has 1 N–H and O–H groups in total. The molecule has 0 aliphatic rings. The van der Waals surface area contributed by atoms with Crippen LogP contribution in [0, 0.1) is 6.92 Å². The van der Waals surface area contributed by atoms with Gasteiger partial charge in [0.05, 0.1) is 22.9 Å². The Balaban J connectivity index is 2.40. The van der Waals surface area contributed by atoms with Gasteiger partial charge < -0.3 is 14.3 Å². The van der Waals surface area contributed by atoms with Gasteiger partial charge in [0, 0.05) is 11.6 Å². The second kappa shape index (κ2) is 5.87. The van der Waals surface area contributed by atoms with Crippen LogP contribution in [0.25, 0.3) is 0 Å². The molecule has 2 aromatic rings. The molecule has 2 rings (SSSR count). The zero-order chi connectivity index (χ0) is 14.0. The molecule has 0 saturated heterocycles. The molecule has 0 radical (unpaired) electrons. The van der Waals surface area contributed by atoms with Gasteiger partial charge in [0.1, 0.15) is 17.6 Å².